The summed E-state index contributed by atoms with van der Waals surface area (Å²) in [6.07, 6.45) is 4.45. The number of allylic oxidation sites excluding steroid dienone is 2. The first-order chi connectivity index (χ1) is 9.22. The fourth-order valence-electron chi connectivity index (χ4n) is 2.92. The summed E-state index contributed by atoms with van der Waals surface area (Å²) in [4.78, 5) is 24.0. The maximum absolute atomic E-state index is 12.2. The molecule has 1 aromatic carbocycles. The normalized spacial score (nSPS) is 28.1. The molecular weight excluding hydrogens is 244 g/mol. The summed E-state index contributed by atoms with van der Waals surface area (Å²) in [5.41, 5.74) is 0.956. The molecule has 0 fully saturated rings. The Kier molecular flexibility index (Phi) is 2.85. The molecule has 0 saturated carbocycles. The zero-order valence-corrected chi connectivity index (χ0v) is 10.5. The molecular formula is C15H14O4. The molecule has 0 amide bonds. The lowest BCUT2D eigenvalue weighted by molar-refractivity contribution is -0.156. The zero-order chi connectivity index (χ0) is 13.4. The Labute approximate surface area is 111 Å². The van der Waals surface area contributed by atoms with Gasteiger partial charge in [-0.1, -0.05) is 30.4 Å². The summed E-state index contributed by atoms with van der Waals surface area (Å²) in [5, 5.41) is 0. The van der Waals surface area contributed by atoms with E-state index >= 15 is 0 Å². The highest BCUT2D eigenvalue weighted by molar-refractivity contribution is 5.86. The highest BCUT2D eigenvalue weighted by atomic mass is 16.5. The Hall–Kier alpha value is -2.10. The molecule has 1 aromatic rings. The van der Waals surface area contributed by atoms with Gasteiger partial charge in [0.2, 0.25) is 0 Å². The monoisotopic (exact) mass is 258 g/mol. The number of carbonyl (C=O) groups is 2. The Balaban J connectivity index is 2.05. The molecule has 4 heteroatoms. The second kappa shape index (κ2) is 4.53. The van der Waals surface area contributed by atoms with Crippen LogP contribution in [0.15, 0.2) is 36.4 Å². The van der Waals surface area contributed by atoms with Gasteiger partial charge in [-0.25, -0.2) is 0 Å². The van der Waals surface area contributed by atoms with Gasteiger partial charge in [0, 0.05) is 11.5 Å². The maximum atomic E-state index is 12.2. The number of fused-ring (bicyclic) bond motifs is 3. The summed E-state index contributed by atoms with van der Waals surface area (Å²) in [5.74, 6) is -1.15. The smallest absolute Gasteiger partial charge is 0.316 e. The lowest BCUT2D eigenvalue weighted by Gasteiger charge is -2.35. The number of hydrogen-bond acceptors (Lipinski definition) is 4. The van der Waals surface area contributed by atoms with Crippen LogP contribution in [0.5, 0.6) is 5.75 Å². The molecule has 1 aliphatic carbocycles. The van der Waals surface area contributed by atoms with Crippen LogP contribution in [-0.2, 0) is 14.3 Å². The number of rotatable bonds is 1. The van der Waals surface area contributed by atoms with E-state index in [2.05, 4.69) is 0 Å². The maximum Gasteiger partial charge on any atom is 0.316 e. The van der Waals surface area contributed by atoms with Gasteiger partial charge in [0.25, 0.3) is 0 Å². The van der Waals surface area contributed by atoms with E-state index in [1.807, 2.05) is 30.4 Å². The molecule has 0 unspecified atom stereocenters. The van der Waals surface area contributed by atoms with Crippen LogP contribution in [0.25, 0.3) is 0 Å². The van der Waals surface area contributed by atoms with Crippen LogP contribution in [-0.4, -0.2) is 19.0 Å². The van der Waals surface area contributed by atoms with Crippen LogP contribution in [0.4, 0.5) is 0 Å². The molecule has 0 saturated heterocycles. The average Bonchev–Trinajstić information content (AvgIpc) is 2.46. The topological polar surface area (TPSA) is 52.6 Å². The van der Waals surface area contributed by atoms with Crippen molar-refractivity contribution in [1.29, 1.82) is 0 Å². The van der Waals surface area contributed by atoms with Gasteiger partial charge < -0.3 is 9.47 Å². The van der Waals surface area contributed by atoms with Gasteiger partial charge in [-0.15, -0.1) is 0 Å². The molecule has 19 heavy (non-hydrogen) atoms. The van der Waals surface area contributed by atoms with Gasteiger partial charge in [0.15, 0.2) is 0 Å². The van der Waals surface area contributed by atoms with Crippen molar-refractivity contribution in [2.45, 2.75) is 12.3 Å². The Morgan fingerprint density at radius 3 is 2.95 bits per heavy atom. The highest BCUT2D eigenvalue weighted by Crippen LogP contribution is 2.45. The van der Waals surface area contributed by atoms with Crippen molar-refractivity contribution in [2.24, 2.45) is 11.8 Å². The van der Waals surface area contributed by atoms with E-state index in [-0.39, 0.29) is 17.9 Å². The predicted molar refractivity (Wildman–Crippen MR) is 67.6 cm³/mol. The third-order valence-electron chi connectivity index (χ3n) is 3.82. The minimum Gasteiger partial charge on any atom is -0.469 e. The Morgan fingerprint density at radius 1 is 1.37 bits per heavy atom. The summed E-state index contributed by atoms with van der Waals surface area (Å²) < 4.78 is 10.1. The van der Waals surface area contributed by atoms with Crippen LogP contribution < -0.4 is 4.74 Å². The van der Waals surface area contributed by atoms with Gasteiger partial charge in [-0.2, -0.15) is 0 Å². The average molecular weight is 258 g/mol. The fraction of sp³-hybridized carbons (Fsp3) is 0.333. The SMILES string of the molecule is COC(=O)[C@@H]1CC=C[C@@H]2c3ccccc3OC(=O)[C@H]21. The second-order valence-corrected chi connectivity index (χ2v) is 4.80. The van der Waals surface area contributed by atoms with Crippen LogP contribution in [0, 0.1) is 11.8 Å². The van der Waals surface area contributed by atoms with Crippen LogP contribution in [0.1, 0.15) is 17.9 Å². The molecule has 1 aliphatic heterocycles. The summed E-state index contributed by atoms with van der Waals surface area (Å²) in [7, 11) is 1.35. The third kappa shape index (κ3) is 1.84. The molecule has 2 aliphatic rings. The third-order valence-corrected chi connectivity index (χ3v) is 3.82. The van der Waals surface area contributed by atoms with Crippen molar-refractivity contribution in [3.63, 3.8) is 0 Å². The fourth-order valence-corrected chi connectivity index (χ4v) is 2.92. The van der Waals surface area contributed by atoms with Gasteiger partial charge in [-0.05, 0) is 12.5 Å². The van der Waals surface area contributed by atoms with Crippen molar-refractivity contribution in [3.05, 3.63) is 42.0 Å². The zero-order valence-electron chi connectivity index (χ0n) is 10.5. The second-order valence-electron chi connectivity index (χ2n) is 4.80. The van der Waals surface area contributed by atoms with Crippen molar-refractivity contribution in [3.8, 4) is 5.75 Å². The Morgan fingerprint density at radius 2 is 2.16 bits per heavy atom. The molecule has 1 heterocycles. The van der Waals surface area contributed by atoms with Crippen LogP contribution in [0.3, 0.4) is 0 Å². The quantitative estimate of drug-likeness (QED) is 0.439. The summed E-state index contributed by atoms with van der Waals surface area (Å²) in [6.45, 7) is 0. The molecule has 4 nitrogen and oxygen atoms in total. The van der Waals surface area contributed by atoms with Crippen molar-refractivity contribution in [2.75, 3.05) is 7.11 Å². The number of benzene rings is 1. The van der Waals surface area contributed by atoms with Crippen LogP contribution >= 0.6 is 0 Å². The van der Waals surface area contributed by atoms with E-state index in [4.69, 9.17) is 9.47 Å². The van der Waals surface area contributed by atoms with E-state index in [9.17, 15) is 9.59 Å². The minimum absolute atomic E-state index is 0.102. The number of methoxy groups -OCH3 is 1. The van der Waals surface area contributed by atoms with Gasteiger partial charge in [-0.3, -0.25) is 9.59 Å². The minimum atomic E-state index is -0.479. The lowest BCUT2D eigenvalue weighted by atomic mass is 9.71. The number of carbonyl (C=O) groups excluding carboxylic acids is 2. The van der Waals surface area contributed by atoms with Gasteiger partial charge in [0.05, 0.1) is 18.9 Å². The largest absolute Gasteiger partial charge is 0.469 e. The number of ether oxygens (including phenoxy) is 2. The summed E-state index contributed by atoms with van der Waals surface area (Å²) in [6, 6.07) is 7.45. The number of para-hydroxylation sites is 1. The summed E-state index contributed by atoms with van der Waals surface area (Å²) >= 11 is 0. The van der Waals surface area contributed by atoms with E-state index in [1.54, 1.807) is 6.07 Å². The van der Waals surface area contributed by atoms with E-state index in [0.29, 0.717) is 12.2 Å². The van der Waals surface area contributed by atoms with Gasteiger partial charge in [0.1, 0.15) is 5.75 Å². The van der Waals surface area contributed by atoms with E-state index < -0.39 is 11.8 Å². The van der Waals surface area contributed by atoms with Crippen molar-refractivity contribution >= 4 is 11.9 Å². The molecule has 0 spiro atoms. The standard InChI is InChI=1S/C15H14O4/c1-18-14(16)11-7-4-6-10-9-5-2-3-8-12(9)19-15(17)13(10)11/h2-6,8,10-11,13H,7H2,1H3/t10-,11-,13-/m1/s1. The molecule has 0 radical (unpaired) electrons. The molecule has 98 valence electrons. The molecule has 0 bridgehead atoms. The van der Waals surface area contributed by atoms with Gasteiger partial charge >= 0.3 is 11.9 Å². The highest BCUT2D eigenvalue weighted by Gasteiger charge is 2.45. The van der Waals surface area contributed by atoms with Crippen LogP contribution in [0.2, 0.25) is 0 Å². The van der Waals surface area contributed by atoms with Crippen molar-refractivity contribution in [1.82, 2.24) is 0 Å². The predicted octanol–water partition coefficient (Wildman–Crippen LogP) is 2.05. The molecule has 3 rings (SSSR count). The Bertz CT molecular complexity index is 561. The lowest BCUT2D eigenvalue weighted by Crippen LogP contribution is -2.41. The molecule has 3 atom stereocenters. The first-order valence-corrected chi connectivity index (χ1v) is 6.27. The molecule has 0 aromatic heterocycles. The number of hydrogen-bond donors (Lipinski definition) is 0. The number of esters is 2. The van der Waals surface area contributed by atoms with E-state index in [1.165, 1.54) is 7.11 Å². The van der Waals surface area contributed by atoms with Crippen molar-refractivity contribution < 1.29 is 19.1 Å². The first-order valence-electron chi connectivity index (χ1n) is 6.27. The first kappa shape index (κ1) is 12.0. The molecule has 0 N–H and O–H groups in total. The van der Waals surface area contributed by atoms with E-state index in [0.717, 1.165) is 5.56 Å².